The molecular formula is C14H18N4O2. The Hall–Kier alpha value is -2.37. The zero-order chi connectivity index (χ0) is 14.5. The van der Waals surface area contributed by atoms with Crippen molar-refractivity contribution >= 4 is 5.91 Å². The summed E-state index contributed by atoms with van der Waals surface area (Å²) in [5.41, 5.74) is 2.62. The first-order valence-corrected chi connectivity index (χ1v) is 6.38. The summed E-state index contributed by atoms with van der Waals surface area (Å²) < 4.78 is 5.67. The second kappa shape index (κ2) is 6.18. The number of hydrogen-bond donors (Lipinski definition) is 1. The second-order valence-corrected chi connectivity index (χ2v) is 4.75. The molecule has 20 heavy (non-hydrogen) atoms. The first-order chi connectivity index (χ1) is 9.56. The molecule has 0 aliphatic heterocycles. The van der Waals surface area contributed by atoms with Crippen LogP contribution in [0.3, 0.4) is 0 Å². The molecule has 1 aromatic heterocycles. The first-order valence-electron chi connectivity index (χ1n) is 6.38. The van der Waals surface area contributed by atoms with Crippen LogP contribution in [0.2, 0.25) is 0 Å². The van der Waals surface area contributed by atoms with Crippen molar-refractivity contribution in [1.29, 1.82) is 0 Å². The standard InChI is InChI=1S/C14H18N4O2/c1-10-6-11(2)8-12(7-10)20-5-4-18(3)14(19)13-9-15-17-16-13/h6-9H,4-5H2,1-3H3,(H,15,16,17). The first kappa shape index (κ1) is 14.0. The van der Waals surface area contributed by atoms with Gasteiger partial charge in [0.1, 0.15) is 12.4 Å². The number of rotatable bonds is 5. The minimum Gasteiger partial charge on any atom is -0.492 e. The number of benzene rings is 1. The average Bonchev–Trinajstić information content (AvgIpc) is 2.90. The van der Waals surface area contributed by atoms with Crippen LogP contribution in [-0.4, -0.2) is 46.4 Å². The molecule has 0 spiro atoms. The quantitative estimate of drug-likeness (QED) is 0.898. The van der Waals surface area contributed by atoms with Gasteiger partial charge in [0.05, 0.1) is 12.7 Å². The summed E-state index contributed by atoms with van der Waals surface area (Å²) in [6.45, 7) is 4.97. The second-order valence-electron chi connectivity index (χ2n) is 4.75. The van der Waals surface area contributed by atoms with Gasteiger partial charge in [-0.1, -0.05) is 6.07 Å². The largest absolute Gasteiger partial charge is 0.492 e. The average molecular weight is 274 g/mol. The smallest absolute Gasteiger partial charge is 0.275 e. The van der Waals surface area contributed by atoms with Crippen molar-refractivity contribution in [2.24, 2.45) is 0 Å². The molecule has 6 heteroatoms. The van der Waals surface area contributed by atoms with Crippen molar-refractivity contribution < 1.29 is 9.53 Å². The van der Waals surface area contributed by atoms with E-state index in [9.17, 15) is 4.79 Å². The van der Waals surface area contributed by atoms with Gasteiger partial charge in [-0.25, -0.2) is 0 Å². The molecule has 106 valence electrons. The molecule has 0 bridgehead atoms. The Kier molecular flexibility index (Phi) is 4.34. The fourth-order valence-electron chi connectivity index (χ4n) is 1.92. The summed E-state index contributed by atoms with van der Waals surface area (Å²) in [5.74, 6) is 0.646. The summed E-state index contributed by atoms with van der Waals surface area (Å²) in [6.07, 6.45) is 1.41. The van der Waals surface area contributed by atoms with Crippen LogP contribution in [0.25, 0.3) is 0 Å². The highest BCUT2D eigenvalue weighted by molar-refractivity contribution is 5.91. The molecule has 0 saturated heterocycles. The van der Waals surface area contributed by atoms with Crippen LogP contribution in [0, 0.1) is 13.8 Å². The van der Waals surface area contributed by atoms with Gasteiger partial charge in [0.25, 0.3) is 5.91 Å². The zero-order valence-corrected chi connectivity index (χ0v) is 11.9. The van der Waals surface area contributed by atoms with Crippen LogP contribution in [0.5, 0.6) is 5.75 Å². The van der Waals surface area contributed by atoms with E-state index >= 15 is 0 Å². The van der Waals surface area contributed by atoms with Crippen molar-refractivity contribution in [2.45, 2.75) is 13.8 Å². The predicted molar refractivity (Wildman–Crippen MR) is 74.8 cm³/mol. The molecular weight excluding hydrogens is 256 g/mol. The molecule has 1 aromatic carbocycles. The maximum Gasteiger partial charge on any atom is 0.275 e. The number of aryl methyl sites for hydroxylation is 2. The van der Waals surface area contributed by atoms with Gasteiger partial charge in [-0.2, -0.15) is 15.4 Å². The number of amides is 1. The Bertz CT molecular complexity index is 561. The van der Waals surface area contributed by atoms with Gasteiger partial charge in [0.2, 0.25) is 0 Å². The number of carbonyl (C=O) groups excluding carboxylic acids is 1. The molecule has 1 N–H and O–H groups in total. The molecule has 1 heterocycles. The Morgan fingerprint density at radius 1 is 1.30 bits per heavy atom. The molecule has 0 aliphatic rings. The van der Waals surface area contributed by atoms with Crippen LogP contribution in [-0.2, 0) is 0 Å². The molecule has 6 nitrogen and oxygen atoms in total. The Morgan fingerprint density at radius 2 is 2.00 bits per heavy atom. The lowest BCUT2D eigenvalue weighted by Gasteiger charge is -2.16. The summed E-state index contributed by atoms with van der Waals surface area (Å²) in [5, 5.41) is 9.80. The highest BCUT2D eigenvalue weighted by Crippen LogP contribution is 2.16. The van der Waals surface area contributed by atoms with Crippen LogP contribution >= 0.6 is 0 Å². The van der Waals surface area contributed by atoms with Gasteiger partial charge in [-0.05, 0) is 37.1 Å². The summed E-state index contributed by atoms with van der Waals surface area (Å²) in [6, 6.07) is 6.05. The third kappa shape index (κ3) is 3.57. The Labute approximate surface area is 117 Å². The van der Waals surface area contributed by atoms with Gasteiger partial charge in [0.15, 0.2) is 5.69 Å². The van der Waals surface area contributed by atoms with Gasteiger partial charge in [0, 0.05) is 7.05 Å². The molecule has 0 fully saturated rings. The van der Waals surface area contributed by atoms with E-state index in [0.717, 1.165) is 16.9 Å². The number of H-pyrrole nitrogens is 1. The highest BCUT2D eigenvalue weighted by atomic mass is 16.5. The molecule has 0 atom stereocenters. The van der Waals surface area contributed by atoms with E-state index < -0.39 is 0 Å². The van der Waals surface area contributed by atoms with Gasteiger partial charge in [-0.15, -0.1) is 0 Å². The number of ether oxygens (including phenoxy) is 1. The van der Waals surface area contributed by atoms with Gasteiger partial charge < -0.3 is 9.64 Å². The molecule has 0 aliphatic carbocycles. The summed E-state index contributed by atoms with van der Waals surface area (Å²) >= 11 is 0. The Morgan fingerprint density at radius 3 is 2.60 bits per heavy atom. The fraction of sp³-hybridized carbons (Fsp3) is 0.357. The van der Waals surface area contributed by atoms with E-state index in [0.29, 0.717) is 18.8 Å². The van der Waals surface area contributed by atoms with Crippen molar-refractivity contribution in [2.75, 3.05) is 20.2 Å². The zero-order valence-electron chi connectivity index (χ0n) is 11.9. The van der Waals surface area contributed by atoms with Gasteiger partial charge in [-0.3, -0.25) is 4.79 Å². The molecule has 2 aromatic rings. The van der Waals surface area contributed by atoms with Crippen molar-refractivity contribution in [3.05, 3.63) is 41.2 Å². The van der Waals surface area contributed by atoms with E-state index in [1.54, 1.807) is 11.9 Å². The number of carbonyl (C=O) groups is 1. The third-order valence-corrected chi connectivity index (χ3v) is 2.87. The van der Waals surface area contributed by atoms with Crippen LogP contribution in [0.4, 0.5) is 0 Å². The van der Waals surface area contributed by atoms with Crippen LogP contribution in [0.15, 0.2) is 24.4 Å². The van der Waals surface area contributed by atoms with E-state index in [1.807, 2.05) is 26.0 Å². The van der Waals surface area contributed by atoms with Crippen molar-refractivity contribution in [1.82, 2.24) is 20.3 Å². The maximum absolute atomic E-state index is 11.9. The monoisotopic (exact) mass is 274 g/mol. The third-order valence-electron chi connectivity index (χ3n) is 2.87. The fourth-order valence-corrected chi connectivity index (χ4v) is 1.92. The highest BCUT2D eigenvalue weighted by Gasteiger charge is 2.13. The molecule has 2 rings (SSSR count). The van der Waals surface area contributed by atoms with Crippen LogP contribution in [0.1, 0.15) is 21.6 Å². The topological polar surface area (TPSA) is 71.1 Å². The summed E-state index contributed by atoms with van der Waals surface area (Å²) in [7, 11) is 1.71. The predicted octanol–water partition coefficient (Wildman–Crippen LogP) is 1.57. The SMILES string of the molecule is Cc1cc(C)cc(OCCN(C)C(=O)c2cn[nH]n2)c1. The minimum atomic E-state index is -0.178. The normalized spacial score (nSPS) is 10.3. The van der Waals surface area contributed by atoms with Crippen molar-refractivity contribution in [3.63, 3.8) is 0 Å². The number of aromatic nitrogens is 3. The number of nitrogens with zero attached hydrogens (tertiary/aromatic N) is 3. The Balaban J connectivity index is 1.85. The lowest BCUT2D eigenvalue weighted by molar-refractivity contribution is 0.0768. The number of aromatic amines is 1. The van der Waals surface area contributed by atoms with E-state index in [4.69, 9.17) is 4.74 Å². The van der Waals surface area contributed by atoms with Gasteiger partial charge >= 0.3 is 0 Å². The van der Waals surface area contributed by atoms with E-state index in [-0.39, 0.29) is 5.91 Å². The van der Waals surface area contributed by atoms with E-state index in [2.05, 4.69) is 21.5 Å². The molecule has 0 saturated carbocycles. The minimum absolute atomic E-state index is 0.178. The maximum atomic E-state index is 11.9. The lowest BCUT2D eigenvalue weighted by atomic mass is 10.1. The number of nitrogens with one attached hydrogen (secondary N) is 1. The van der Waals surface area contributed by atoms with Crippen molar-refractivity contribution in [3.8, 4) is 5.75 Å². The molecule has 0 radical (unpaired) electrons. The molecule has 0 unspecified atom stereocenters. The summed E-state index contributed by atoms with van der Waals surface area (Å²) in [4.78, 5) is 13.5. The lowest BCUT2D eigenvalue weighted by Crippen LogP contribution is -2.31. The van der Waals surface area contributed by atoms with Crippen LogP contribution < -0.4 is 4.74 Å². The number of hydrogen-bond acceptors (Lipinski definition) is 4. The number of likely N-dealkylation sites (N-methyl/N-ethyl adjacent to an activating group) is 1. The molecule has 1 amide bonds. The van der Waals surface area contributed by atoms with E-state index in [1.165, 1.54) is 6.20 Å².